The molecule has 7 nitrogen and oxygen atoms in total. The summed E-state index contributed by atoms with van der Waals surface area (Å²) in [6.07, 6.45) is 0.993. The summed E-state index contributed by atoms with van der Waals surface area (Å²) >= 11 is 0. The number of hydrogen-bond acceptors (Lipinski definition) is 7. The zero-order valence-electron chi connectivity index (χ0n) is 15.8. The van der Waals surface area contributed by atoms with Crippen molar-refractivity contribution >= 4 is 17.5 Å². The summed E-state index contributed by atoms with van der Waals surface area (Å²) in [5, 5.41) is 3.09. The third-order valence-corrected chi connectivity index (χ3v) is 4.43. The molecule has 1 fully saturated rings. The Bertz CT molecular complexity index is 945. The predicted molar refractivity (Wildman–Crippen MR) is 104 cm³/mol. The number of hydrogen-bond donors (Lipinski definition) is 1. The van der Waals surface area contributed by atoms with Gasteiger partial charge in [0, 0.05) is 18.3 Å². The van der Waals surface area contributed by atoms with Crippen molar-refractivity contribution in [3.8, 4) is 0 Å². The van der Waals surface area contributed by atoms with Gasteiger partial charge in [0.15, 0.2) is 0 Å². The molecule has 1 unspecified atom stereocenters. The van der Waals surface area contributed by atoms with Gasteiger partial charge in [-0.15, -0.1) is 0 Å². The van der Waals surface area contributed by atoms with Gasteiger partial charge < -0.3 is 15.0 Å². The van der Waals surface area contributed by atoms with E-state index >= 15 is 0 Å². The maximum absolute atomic E-state index is 13.0. The van der Waals surface area contributed by atoms with Crippen molar-refractivity contribution < 1.29 is 9.13 Å². The molecule has 0 aromatic carbocycles. The highest BCUT2D eigenvalue weighted by atomic mass is 19.1. The molecule has 8 heteroatoms. The number of morpholine rings is 1. The third kappa shape index (κ3) is 4.23. The van der Waals surface area contributed by atoms with Gasteiger partial charge in [0.2, 0.25) is 0 Å². The molecule has 3 aromatic rings. The van der Waals surface area contributed by atoms with E-state index in [2.05, 4.69) is 30.2 Å². The number of pyridine rings is 2. The van der Waals surface area contributed by atoms with Crippen LogP contribution in [-0.2, 0) is 4.74 Å². The molecule has 0 aliphatic carbocycles. The minimum absolute atomic E-state index is 0.174. The van der Waals surface area contributed by atoms with Crippen molar-refractivity contribution in [2.75, 3.05) is 29.9 Å². The van der Waals surface area contributed by atoms with Crippen LogP contribution >= 0.6 is 0 Å². The van der Waals surface area contributed by atoms with Crippen molar-refractivity contribution in [2.45, 2.75) is 20.0 Å². The van der Waals surface area contributed by atoms with Gasteiger partial charge in [-0.2, -0.15) is 0 Å². The predicted octanol–water partition coefficient (Wildman–Crippen LogP) is 3.34. The normalized spacial score (nSPS) is 16.8. The third-order valence-electron chi connectivity index (χ3n) is 4.43. The van der Waals surface area contributed by atoms with Gasteiger partial charge in [-0.3, -0.25) is 0 Å². The Hall–Kier alpha value is -3.13. The van der Waals surface area contributed by atoms with Gasteiger partial charge in [0.25, 0.3) is 0 Å². The maximum atomic E-state index is 13.0. The first-order chi connectivity index (χ1) is 13.6. The van der Waals surface area contributed by atoms with E-state index < -0.39 is 0 Å². The number of aromatic nitrogens is 4. The van der Waals surface area contributed by atoms with Gasteiger partial charge in [0.1, 0.15) is 35.2 Å². The van der Waals surface area contributed by atoms with Crippen molar-refractivity contribution in [3.63, 3.8) is 0 Å². The lowest BCUT2D eigenvalue weighted by molar-refractivity contribution is 0.0368. The van der Waals surface area contributed by atoms with Gasteiger partial charge >= 0.3 is 0 Å². The van der Waals surface area contributed by atoms with Crippen molar-refractivity contribution in [2.24, 2.45) is 0 Å². The Labute approximate surface area is 162 Å². The highest BCUT2D eigenvalue weighted by Crippen LogP contribution is 2.25. The quantitative estimate of drug-likeness (QED) is 0.744. The zero-order valence-corrected chi connectivity index (χ0v) is 15.8. The number of rotatable bonds is 4. The topological polar surface area (TPSA) is 76.1 Å². The van der Waals surface area contributed by atoms with Crippen LogP contribution in [0.25, 0.3) is 0 Å². The van der Waals surface area contributed by atoms with Crippen LogP contribution in [-0.4, -0.2) is 39.6 Å². The Morgan fingerprint density at radius 1 is 1.11 bits per heavy atom. The molecule has 1 saturated heterocycles. The van der Waals surface area contributed by atoms with Crippen molar-refractivity contribution in [1.29, 1.82) is 0 Å². The van der Waals surface area contributed by atoms with E-state index in [0.29, 0.717) is 24.8 Å². The number of aryl methyl sites for hydroxylation is 2. The molecule has 144 valence electrons. The fourth-order valence-corrected chi connectivity index (χ4v) is 3.18. The second-order valence-electron chi connectivity index (χ2n) is 6.65. The number of nitrogens with zero attached hydrogens (tertiary/aromatic N) is 5. The van der Waals surface area contributed by atoms with Crippen LogP contribution < -0.4 is 10.2 Å². The molecule has 4 heterocycles. The smallest absolute Gasteiger partial charge is 0.141 e. The van der Waals surface area contributed by atoms with Crippen LogP contribution in [0.1, 0.15) is 23.3 Å². The summed E-state index contributed by atoms with van der Waals surface area (Å²) in [4.78, 5) is 19.7. The molecular formula is C20H21FN6O. The molecule has 1 atom stereocenters. The number of anilines is 3. The first kappa shape index (κ1) is 18.2. The Kier molecular flexibility index (Phi) is 5.12. The monoisotopic (exact) mass is 380 g/mol. The summed E-state index contributed by atoms with van der Waals surface area (Å²) in [6, 6.07) is 10.6. The summed E-state index contributed by atoms with van der Waals surface area (Å²) in [5.41, 5.74) is 1.76. The minimum Gasteiger partial charge on any atom is -0.368 e. The number of halogens is 1. The lowest BCUT2D eigenvalue weighted by Gasteiger charge is -2.33. The summed E-state index contributed by atoms with van der Waals surface area (Å²) in [6.45, 7) is 5.88. The van der Waals surface area contributed by atoms with E-state index in [0.717, 1.165) is 29.6 Å². The highest BCUT2D eigenvalue weighted by molar-refractivity contribution is 5.51. The fraction of sp³-hybridized carbons (Fsp3) is 0.300. The van der Waals surface area contributed by atoms with Crippen LogP contribution in [0.3, 0.4) is 0 Å². The molecular weight excluding hydrogens is 359 g/mol. The Morgan fingerprint density at radius 3 is 2.79 bits per heavy atom. The summed E-state index contributed by atoms with van der Waals surface area (Å²) in [7, 11) is 0. The van der Waals surface area contributed by atoms with E-state index in [1.807, 2.05) is 38.1 Å². The molecule has 3 aromatic heterocycles. The zero-order chi connectivity index (χ0) is 19.5. The largest absolute Gasteiger partial charge is 0.368 e. The standard InChI is InChI=1S/C20H21FN6O/c1-13-10-20(24-14(2)23-13)27-8-9-28-17(12-27)16-4-3-5-19(25-16)26-18-7-6-15(21)11-22-18/h3-7,10-11,17H,8-9,12H2,1-2H3,(H,22,25,26). The van der Waals surface area contributed by atoms with Crippen LogP contribution in [0.5, 0.6) is 0 Å². The van der Waals surface area contributed by atoms with Crippen LogP contribution in [0.15, 0.2) is 42.6 Å². The molecule has 1 N–H and O–H groups in total. The average Bonchev–Trinajstić information content (AvgIpc) is 2.69. The average molecular weight is 380 g/mol. The minimum atomic E-state index is -0.377. The van der Waals surface area contributed by atoms with Crippen molar-refractivity contribution in [1.82, 2.24) is 19.9 Å². The van der Waals surface area contributed by atoms with Crippen LogP contribution in [0, 0.1) is 19.7 Å². The van der Waals surface area contributed by atoms with Crippen LogP contribution in [0.2, 0.25) is 0 Å². The summed E-state index contributed by atoms with van der Waals surface area (Å²) < 4.78 is 19.0. The highest BCUT2D eigenvalue weighted by Gasteiger charge is 2.24. The van der Waals surface area contributed by atoms with E-state index in [1.54, 1.807) is 6.07 Å². The second kappa shape index (κ2) is 7.85. The Morgan fingerprint density at radius 2 is 2.00 bits per heavy atom. The molecule has 0 amide bonds. The lowest BCUT2D eigenvalue weighted by Crippen LogP contribution is -2.39. The van der Waals surface area contributed by atoms with Crippen molar-refractivity contribution in [3.05, 3.63) is 65.6 Å². The molecule has 0 bridgehead atoms. The molecule has 28 heavy (non-hydrogen) atoms. The fourth-order valence-electron chi connectivity index (χ4n) is 3.18. The second-order valence-corrected chi connectivity index (χ2v) is 6.65. The van der Waals surface area contributed by atoms with Gasteiger partial charge in [-0.25, -0.2) is 24.3 Å². The van der Waals surface area contributed by atoms with E-state index in [-0.39, 0.29) is 11.9 Å². The molecule has 0 radical (unpaired) electrons. The lowest BCUT2D eigenvalue weighted by atomic mass is 10.2. The molecule has 0 saturated carbocycles. The van der Waals surface area contributed by atoms with Gasteiger partial charge in [-0.1, -0.05) is 6.07 Å². The van der Waals surface area contributed by atoms with Gasteiger partial charge in [0.05, 0.1) is 25.0 Å². The first-order valence-corrected chi connectivity index (χ1v) is 9.11. The van der Waals surface area contributed by atoms with Crippen LogP contribution in [0.4, 0.5) is 21.8 Å². The maximum Gasteiger partial charge on any atom is 0.141 e. The molecule has 0 spiro atoms. The molecule has 4 rings (SSSR count). The number of ether oxygens (including phenoxy) is 1. The summed E-state index contributed by atoms with van der Waals surface area (Å²) in [5.74, 6) is 2.45. The molecule has 1 aliphatic rings. The SMILES string of the molecule is Cc1cc(N2CCOC(c3cccc(Nc4ccc(F)cn4)n3)C2)nc(C)n1. The first-order valence-electron chi connectivity index (χ1n) is 9.11. The van der Waals surface area contributed by atoms with E-state index in [9.17, 15) is 4.39 Å². The molecule has 1 aliphatic heterocycles. The number of nitrogens with one attached hydrogen (secondary N) is 1. The van der Waals surface area contributed by atoms with Gasteiger partial charge in [-0.05, 0) is 38.1 Å². The van der Waals surface area contributed by atoms with E-state index in [4.69, 9.17) is 4.74 Å². The van der Waals surface area contributed by atoms with E-state index in [1.165, 1.54) is 12.3 Å². The Balaban J connectivity index is 1.51.